The summed E-state index contributed by atoms with van der Waals surface area (Å²) in [6.07, 6.45) is 4.39. The third-order valence-corrected chi connectivity index (χ3v) is 6.77. The smallest absolute Gasteiger partial charge is 0.141 e. The highest BCUT2D eigenvalue weighted by molar-refractivity contribution is 6.30. The van der Waals surface area contributed by atoms with Gasteiger partial charge in [0.15, 0.2) is 0 Å². The van der Waals surface area contributed by atoms with Gasteiger partial charge in [0.1, 0.15) is 11.6 Å². The van der Waals surface area contributed by atoms with Gasteiger partial charge in [-0.25, -0.2) is 9.37 Å². The van der Waals surface area contributed by atoms with Gasteiger partial charge >= 0.3 is 0 Å². The first kappa shape index (κ1) is 26.1. The predicted octanol–water partition coefficient (Wildman–Crippen LogP) is 8.61. The molecule has 4 rings (SSSR count). The number of imidazole rings is 1. The van der Waals surface area contributed by atoms with E-state index in [1.54, 1.807) is 6.07 Å². The van der Waals surface area contributed by atoms with Crippen molar-refractivity contribution in [3.63, 3.8) is 0 Å². The molecule has 0 saturated heterocycles. The summed E-state index contributed by atoms with van der Waals surface area (Å²) >= 11 is 6.11. The number of hydrogen-bond acceptors (Lipinski definition) is 2. The molecular weight excluding hydrogens is 469 g/mol. The summed E-state index contributed by atoms with van der Waals surface area (Å²) in [5.74, 6) is 0.634. The number of aromatic nitrogens is 2. The normalized spacial score (nSPS) is 11.4. The highest BCUT2D eigenvalue weighted by atomic mass is 35.5. The molecule has 0 bridgehead atoms. The van der Waals surface area contributed by atoms with Crippen molar-refractivity contribution < 1.29 is 4.39 Å². The standard InChI is InChI=1S/C31H35ClFN3/c1-3-5-19-35(22-24-17-18-28(33)27(32)21-24)23-29-30(25-13-9-7-10-14-25)34-31(36(29)20-6-4-2)26-15-11-8-12-16-26/h7-18,21H,3-6,19-20,22-23H2,1-2H3. The zero-order valence-electron chi connectivity index (χ0n) is 21.3. The fraction of sp³-hybridized carbons (Fsp3) is 0.323. The van der Waals surface area contributed by atoms with E-state index in [-0.39, 0.29) is 10.8 Å². The van der Waals surface area contributed by atoms with Crippen LogP contribution in [0.4, 0.5) is 4.39 Å². The van der Waals surface area contributed by atoms with E-state index in [0.717, 1.165) is 73.5 Å². The van der Waals surface area contributed by atoms with Crippen LogP contribution in [0.15, 0.2) is 78.9 Å². The molecule has 0 amide bonds. The van der Waals surface area contributed by atoms with Gasteiger partial charge in [0, 0.05) is 30.8 Å². The molecule has 0 spiro atoms. The van der Waals surface area contributed by atoms with Crippen LogP contribution in [0.1, 0.15) is 50.8 Å². The second kappa shape index (κ2) is 12.8. The van der Waals surface area contributed by atoms with Crippen molar-refractivity contribution in [3.8, 4) is 22.6 Å². The maximum atomic E-state index is 13.8. The Bertz CT molecular complexity index is 1240. The van der Waals surface area contributed by atoms with Crippen molar-refractivity contribution in [2.45, 2.75) is 59.2 Å². The average Bonchev–Trinajstić information content (AvgIpc) is 3.27. The van der Waals surface area contributed by atoms with E-state index in [0.29, 0.717) is 6.54 Å². The second-order valence-electron chi connectivity index (χ2n) is 9.28. The molecule has 0 radical (unpaired) electrons. The minimum absolute atomic E-state index is 0.173. The molecule has 3 nitrogen and oxygen atoms in total. The summed E-state index contributed by atoms with van der Waals surface area (Å²) in [6.45, 7) is 7.75. The first-order valence-corrected chi connectivity index (χ1v) is 13.3. The molecule has 5 heteroatoms. The van der Waals surface area contributed by atoms with Crippen LogP contribution in [0.3, 0.4) is 0 Å². The maximum Gasteiger partial charge on any atom is 0.141 e. The molecule has 0 fully saturated rings. The van der Waals surface area contributed by atoms with Crippen molar-refractivity contribution in [1.29, 1.82) is 0 Å². The van der Waals surface area contributed by atoms with Crippen LogP contribution in [0.5, 0.6) is 0 Å². The topological polar surface area (TPSA) is 21.1 Å². The lowest BCUT2D eigenvalue weighted by molar-refractivity contribution is 0.246. The van der Waals surface area contributed by atoms with E-state index in [9.17, 15) is 4.39 Å². The van der Waals surface area contributed by atoms with Crippen LogP contribution >= 0.6 is 11.6 Å². The molecule has 0 aliphatic rings. The molecule has 4 aromatic rings. The molecule has 36 heavy (non-hydrogen) atoms. The van der Waals surface area contributed by atoms with Gasteiger partial charge in [-0.05, 0) is 37.1 Å². The molecule has 1 aromatic heterocycles. The number of rotatable bonds is 12. The minimum Gasteiger partial charge on any atom is -0.326 e. The summed E-state index contributed by atoms with van der Waals surface area (Å²) in [6, 6.07) is 26.0. The molecule has 0 saturated carbocycles. The zero-order valence-corrected chi connectivity index (χ0v) is 22.0. The molecule has 0 aliphatic heterocycles. The largest absolute Gasteiger partial charge is 0.326 e. The number of unbranched alkanes of at least 4 members (excludes halogenated alkanes) is 2. The summed E-state index contributed by atoms with van der Waals surface area (Å²) in [5.41, 5.74) is 5.52. The van der Waals surface area contributed by atoms with E-state index in [4.69, 9.17) is 16.6 Å². The van der Waals surface area contributed by atoms with Crippen LogP contribution < -0.4 is 0 Å². The Hall–Kier alpha value is -2.95. The number of nitrogens with zero attached hydrogens (tertiary/aromatic N) is 3. The van der Waals surface area contributed by atoms with Crippen molar-refractivity contribution in [2.75, 3.05) is 6.54 Å². The van der Waals surface area contributed by atoms with Crippen LogP contribution in [0.25, 0.3) is 22.6 Å². The monoisotopic (exact) mass is 503 g/mol. The summed E-state index contributed by atoms with van der Waals surface area (Å²) < 4.78 is 16.2. The predicted molar refractivity (Wildman–Crippen MR) is 148 cm³/mol. The van der Waals surface area contributed by atoms with Crippen LogP contribution in [-0.4, -0.2) is 21.0 Å². The van der Waals surface area contributed by atoms with Gasteiger partial charge in [-0.1, -0.05) is 105 Å². The van der Waals surface area contributed by atoms with Gasteiger partial charge in [0.25, 0.3) is 0 Å². The second-order valence-corrected chi connectivity index (χ2v) is 9.69. The maximum absolute atomic E-state index is 13.8. The molecule has 0 unspecified atom stereocenters. The third-order valence-electron chi connectivity index (χ3n) is 6.48. The molecule has 3 aromatic carbocycles. The Morgan fingerprint density at radius 2 is 1.50 bits per heavy atom. The van der Waals surface area contributed by atoms with E-state index in [1.165, 1.54) is 11.8 Å². The summed E-state index contributed by atoms with van der Waals surface area (Å²) in [7, 11) is 0. The van der Waals surface area contributed by atoms with Crippen molar-refractivity contribution in [2.24, 2.45) is 0 Å². The lowest BCUT2D eigenvalue weighted by Gasteiger charge is -2.24. The van der Waals surface area contributed by atoms with Gasteiger partial charge in [0.05, 0.1) is 16.4 Å². The number of hydrogen-bond donors (Lipinski definition) is 0. The van der Waals surface area contributed by atoms with Gasteiger partial charge in [-0.15, -0.1) is 0 Å². The number of halogens is 2. The molecule has 0 N–H and O–H groups in total. The first-order valence-electron chi connectivity index (χ1n) is 13.0. The summed E-state index contributed by atoms with van der Waals surface area (Å²) in [4.78, 5) is 7.67. The van der Waals surface area contributed by atoms with Crippen molar-refractivity contribution >= 4 is 11.6 Å². The van der Waals surface area contributed by atoms with Gasteiger partial charge in [-0.2, -0.15) is 0 Å². The molecule has 0 atom stereocenters. The molecule has 0 aliphatic carbocycles. The van der Waals surface area contributed by atoms with Crippen LogP contribution in [-0.2, 0) is 19.6 Å². The Morgan fingerprint density at radius 3 is 2.14 bits per heavy atom. The van der Waals surface area contributed by atoms with Crippen molar-refractivity contribution in [3.05, 3.63) is 101 Å². The van der Waals surface area contributed by atoms with Crippen LogP contribution in [0, 0.1) is 5.82 Å². The molecular formula is C31H35ClFN3. The highest BCUT2D eigenvalue weighted by Crippen LogP contribution is 2.31. The first-order chi connectivity index (χ1) is 17.6. The van der Waals surface area contributed by atoms with Crippen LogP contribution in [0.2, 0.25) is 5.02 Å². The Balaban J connectivity index is 1.79. The lowest BCUT2D eigenvalue weighted by atomic mass is 10.1. The van der Waals surface area contributed by atoms with E-state index in [1.807, 2.05) is 18.2 Å². The van der Waals surface area contributed by atoms with Gasteiger partial charge < -0.3 is 4.57 Å². The van der Waals surface area contributed by atoms with E-state index in [2.05, 4.69) is 71.8 Å². The van der Waals surface area contributed by atoms with E-state index >= 15 is 0 Å². The quantitative estimate of drug-likeness (QED) is 0.193. The molecule has 188 valence electrons. The fourth-order valence-electron chi connectivity index (χ4n) is 4.54. The average molecular weight is 504 g/mol. The van der Waals surface area contributed by atoms with Gasteiger partial charge in [0.2, 0.25) is 0 Å². The lowest BCUT2D eigenvalue weighted by Crippen LogP contribution is -2.26. The Labute approximate surface area is 219 Å². The fourth-order valence-corrected chi connectivity index (χ4v) is 4.75. The highest BCUT2D eigenvalue weighted by Gasteiger charge is 2.22. The Morgan fingerprint density at radius 1 is 0.833 bits per heavy atom. The molecule has 1 heterocycles. The minimum atomic E-state index is -0.378. The summed E-state index contributed by atoms with van der Waals surface area (Å²) in [5, 5.41) is 0.173. The third kappa shape index (κ3) is 6.43. The van der Waals surface area contributed by atoms with E-state index < -0.39 is 0 Å². The zero-order chi connectivity index (χ0) is 25.3. The van der Waals surface area contributed by atoms with Gasteiger partial charge in [-0.3, -0.25) is 4.90 Å². The SMILES string of the molecule is CCCCN(Cc1ccc(F)c(Cl)c1)Cc1c(-c2ccccc2)nc(-c2ccccc2)n1CCCC. The number of benzene rings is 3. The Kier molecular flexibility index (Phi) is 9.32. The van der Waals surface area contributed by atoms with Crippen molar-refractivity contribution in [1.82, 2.24) is 14.5 Å².